The lowest BCUT2D eigenvalue weighted by Gasteiger charge is -2.37. The number of nitrogens with zero attached hydrogens (tertiary/aromatic N) is 1. The second-order valence-corrected chi connectivity index (χ2v) is 5.49. The van der Waals surface area contributed by atoms with Gasteiger partial charge in [0.1, 0.15) is 11.6 Å². The lowest BCUT2D eigenvalue weighted by molar-refractivity contribution is 0.323. The van der Waals surface area contributed by atoms with E-state index < -0.39 is 0 Å². The highest BCUT2D eigenvalue weighted by atomic mass is 16.5. The number of anilines is 1. The molecule has 0 saturated carbocycles. The number of ether oxygens (including phenoxy) is 1. The van der Waals surface area contributed by atoms with Crippen molar-refractivity contribution in [2.24, 2.45) is 17.6 Å². The number of piperidine rings is 1. The molecule has 0 bridgehead atoms. The van der Waals surface area contributed by atoms with Gasteiger partial charge in [0, 0.05) is 24.7 Å². The molecule has 0 spiro atoms. The highest BCUT2D eigenvalue weighted by molar-refractivity contribution is 6.00. The summed E-state index contributed by atoms with van der Waals surface area (Å²) in [4.78, 5) is 2.32. The summed E-state index contributed by atoms with van der Waals surface area (Å²) in [5, 5.41) is 7.72. The topological polar surface area (TPSA) is 62.3 Å². The van der Waals surface area contributed by atoms with Gasteiger partial charge in [0.15, 0.2) is 0 Å². The summed E-state index contributed by atoms with van der Waals surface area (Å²) in [7, 11) is 1.66. The molecule has 2 unspecified atom stereocenters. The van der Waals surface area contributed by atoms with Crippen molar-refractivity contribution in [3.63, 3.8) is 0 Å². The first-order valence-corrected chi connectivity index (χ1v) is 6.80. The Balaban J connectivity index is 2.34. The molecule has 1 aliphatic heterocycles. The predicted molar refractivity (Wildman–Crippen MR) is 79.2 cm³/mol. The standard InChI is InChI=1S/C15H23N3O/c1-10-6-7-18(9-11(10)2)14-8-12(19-3)4-5-13(14)15(16)17/h4-5,8,10-11H,6-7,9H2,1-3H3,(H3,16,17). The highest BCUT2D eigenvalue weighted by Gasteiger charge is 2.24. The first-order chi connectivity index (χ1) is 9.02. The quantitative estimate of drug-likeness (QED) is 0.649. The number of benzene rings is 1. The van der Waals surface area contributed by atoms with Gasteiger partial charge in [-0.25, -0.2) is 0 Å². The van der Waals surface area contributed by atoms with Gasteiger partial charge in [0.2, 0.25) is 0 Å². The van der Waals surface area contributed by atoms with Gasteiger partial charge in [-0.1, -0.05) is 13.8 Å². The average molecular weight is 261 g/mol. The number of nitrogen functional groups attached to an aromatic ring is 1. The minimum Gasteiger partial charge on any atom is -0.497 e. The van der Waals surface area contributed by atoms with Crippen LogP contribution in [-0.4, -0.2) is 26.0 Å². The molecule has 3 N–H and O–H groups in total. The van der Waals surface area contributed by atoms with Crippen molar-refractivity contribution in [2.75, 3.05) is 25.1 Å². The Bertz CT molecular complexity index is 472. The molecule has 104 valence electrons. The lowest BCUT2D eigenvalue weighted by atomic mass is 9.88. The van der Waals surface area contributed by atoms with Gasteiger partial charge in [-0.3, -0.25) is 5.41 Å². The number of hydrogen-bond acceptors (Lipinski definition) is 3. The van der Waals surface area contributed by atoms with Crippen LogP contribution in [0.1, 0.15) is 25.8 Å². The summed E-state index contributed by atoms with van der Waals surface area (Å²) < 4.78 is 5.29. The maximum atomic E-state index is 7.72. The van der Waals surface area contributed by atoms with Gasteiger partial charge in [0.25, 0.3) is 0 Å². The fraction of sp³-hybridized carbons (Fsp3) is 0.533. The summed E-state index contributed by atoms with van der Waals surface area (Å²) in [5.74, 6) is 2.33. The van der Waals surface area contributed by atoms with Crippen molar-refractivity contribution in [3.05, 3.63) is 23.8 Å². The van der Waals surface area contributed by atoms with Gasteiger partial charge in [-0.15, -0.1) is 0 Å². The van der Waals surface area contributed by atoms with Gasteiger partial charge >= 0.3 is 0 Å². The summed E-state index contributed by atoms with van der Waals surface area (Å²) in [6.07, 6.45) is 1.18. The van der Waals surface area contributed by atoms with E-state index in [1.54, 1.807) is 7.11 Å². The normalized spacial score (nSPS) is 23.2. The largest absolute Gasteiger partial charge is 0.497 e. The third kappa shape index (κ3) is 2.83. The minimum absolute atomic E-state index is 0.115. The fourth-order valence-electron chi connectivity index (χ4n) is 2.61. The predicted octanol–water partition coefficient (Wildman–Crippen LogP) is 2.46. The fourth-order valence-corrected chi connectivity index (χ4v) is 2.61. The van der Waals surface area contributed by atoms with Crippen LogP contribution in [0.3, 0.4) is 0 Å². The summed E-state index contributed by atoms with van der Waals surface area (Å²) in [6, 6.07) is 5.72. The van der Waals surface area contributed by atoms with Gasteiger partial charge in [-0.05, 0) is 30.4 Å². The number of nitrogens with one attached hydrogen (secondary N) is 1. The molecule has 2 rings (SSSR count). The molecule has 1 aliphatic rings. The molecule has 1 saturated heterocycles. The average Bonchev–Trinajstić information content (AvgIpc) is 2.41. The Labute approximate surface area is 115 Å². The van der Waals surface area contributed by atoms with Crippen molar-refractivity contribution in [1.82, 2.24) is 0 Å². The lowest BCUT2D eigenvalue weighted by Crippen LogP contribution is -2.39. The zero-order chi connectivity index (χ0) is 14.0. The molecule has 2 atom stereocenters. The molecule has 4 nitrogen and oxygen atoms in total. The van der Waals surface area contributed by atoms with E-state index >= 15 is 0 Å². The van der Waals surface area contributed by atoms with Crippen molar-refractivity contribution in [1.29, 1.82) is 5.41 Å². The van der Waals surface area contributed by atoms with E-state index in [9.17, 15) is 0 Å². The van der Waals surface area contributed by atoms with Crippen LogP contribution in [0.15, 0.2) is 18.2 Å². The van der Waals surface area contributed by atoms with E-state index in [1.807, 2.05) is 18.2 Å². The molecule has 0 amide bonds. The van der Waals surface area contributed by atoms with E-state index in [4.69, 9.17) is 15.9 Å². The Hall–Kier alpha value is -1.71. The second kappa shape index (κ2) is 5.51. The summed E-state index contributed by atoms with van der Waals surface area (Å²) in [5.41, 5.74) is 7.50. The second-order valence-electron chi connectivity index (χ2n) is 5.49. The molecule has 1 aromatic rings. The number of hydrogen-bond donors (Lipinski definition) is 2. The third-order valence-corrected chi connectivity index (χ3v) is 4.17. The van der Waals surface area contributed by atoms with E-state index in [1.165, 1.54) is 6.42 Å². The first-order valence-electron chi connectivity index (χ1n) is 6.80. The van der Waals surface area contributed by atoms with Crippen molar-refractivity contribution < 1.29 is 4.74 Å². The van der Waals surface area contributed by atoms with Crippen molar-refractivity contribution in [3.8, 4) is 5.75 Å². The Morgan fingerprint density at radius 1 is 1.37 bits per heavy atom. The molecule has 1 fully saturated rings. The third-order valence-electron chi connectivity index (χ3n) is 4.17. The first kappa shape index (κ1) is 13.7. The molecule has 1 heterocycles. The molecule has 0 aromatic heterocycles. The monoisotopic (exact) mass is 261 g/mol. The zero-order valence-corrected chi connectivity index (χ0v) is 11.9. The van der Waals surface area contributed by atoms with E-state index in [0.717, 1.165) is 36.0 Å². The molecule has 0 aliphatic carbocycles. The molecule has 1 aromatic carbocycles. The van der Waals surface area contributed by atoms with Crippen LogP contribution in [0.4, 0.5) is 5.69 Å². The van der Waals surface area contributed by atoms with E-state index in [2.05, 4.69) is 18.7 Å². The van der Waals surface area contributed by atoms with Crippen LogP contribution in [0.2, 0.25) is 0 Å². The summed E-state index contributed by atoms with van der Waals surface area (Å²) >= 11 is 0. The molecule has 19 heavy (non-hydrogen) atoms. The summed E-state index contributed by atoms with van der Waals surface area (Å²) in [6.45, 7) is 6.61. The van der Waals surface area contributed by atoms with Crippen LogP contribution in [-0.2, 0) is 0 Å². The van der Waals surface area contributed by atoms with Crippen LogP contribution in [0, 0.1) is 17.2 Å². The van der Waals surface area contributed by atoms with E-state index in [-0.39, 0.29) is 5.84 Å². The van der Waals surface area contributed by atoms with Gasteiger partial charge in [-0.2, -0.15) is 0 Å². The number of nitrogens with two attached hydrogens (primary N) is 1. The molecular weight excluding hydrogens is 238 g/mol. The van der Waals surface area contributed by atoms with Crippen molar-refractivity contribution in [2.45, 2.75) is 20.3 Å². The van der Waals surface area contributed by atoms with E-state index in [0.29, 0.717) is 5.92 Å². The molecule has 4 heteroatoms. The number of rotatable bonds is 3. The minimum atomic E-state index is 0.115. The van der Waals surface area contributed by atoms with Crippen molar-refractivity contribution >= 4 is 11.5 Å². The maximum absolute atomic E-state index is 7.72. The van der Waals surface area contributed by atoms with Crippen LogP contribution >= 0.6 is 0 Å². The maximum Gasteiger partial charge on any atom is 0.124 e. The SMILES string of the molecule is COc1ccc(C(=N)N)c(N2CCC(C)C(C)C2)c1. The molecular formula is C15H23N3O. The Morgan fingerprint density at radius 3 is 2.68 bits per heavy atom. The number of methoxy groups -OCH3 is 1. The van der Waals surface area contributed by atoms with Crippen LogP contribution in [0.5, 0.6) is 5.75 Å². The van der Waals surface area contributed by atoms with Gasteiger partial charge < -0.3 is 15.4 Å². The van der Waals surface area contributed by atoms with Crippen LogP contribution < -0.4 is 15.4 Å². The van der Waals surface area contributed by atoms with Crippen LogP contribution in [0.25, 0.3) is 0 Å². The Morgan fingerprint density at radius 2 is 2.11 bits per heavy atom. The number of amidine groups is 1. The smallest absolute Gasteiger partial charge is 0.124 e. The van der Waals surface area contributed by atoms with Gasteiger partial charge in [0.05, 0.1) is 12.8 Å². The zero-order valence-electron chi connectivity index (χ0n) is 11.9. The molecule has 0 radical (unpaired) electrons. The highest BCUT2D eigenvalue weighted by Crippen LogP contribution is 2.31. The Kier molecular flexibility index (Phi) is 3.98.